The van der Waals surface area contributed by atoms with E-state index in [1.807, 2.05) is 0 Å². The number of carbonyl (C=O) groups excluding carboxylic acids is 1. The fourth-order valence-corrected chi connectivity index (χ4v) is 1.49. The summed E-state index contributed by atoms with van der Waals surface area (Å²) in [5.74, 6) is -0.962. The van der Waals surface area contributed by atoms with Gasteiger partial charge in [0.2, 0.25) is 5.88 Å². The van der Waals surface area contributed by atoms with E-state index in [-0.39, 0.29) is 12.5 Å². The molecule has 0 unspecified atom stereocenters. The van der Waals surface area contributed by atoms with E-state index in [0.717, 1.165) is 0 Å². The van der Waals surface area contributed by atoms with Crippen LogP contribution in [0.25, 0.3) is 0 Å². The van der Waals surface area contributed by atoms with Crippen LogP contribution in [0.3, 0.4) is 0 Å². The van der Waals surface area contributed by atoms with Crippen LogP contribution in [0.5, 0.6) is 5.88 Å². The van der Waals surface area contributed by atoms with Gasteiger partial charge in [0, 0.05) is 18.5 Å². The maximum atomic E-state index is 11.9. The highest BCUT2D eigenvalue weighted by Gasteiger charge is 2.09. The summed E-state index contributed by atoms with van der Waals surface area (Å²) in [5.41, 5.74) is 0.767. The molecule has 1 amide bonds. The molecule has 2 rings (SSSR count). The number of hydrogen-bond donors (Lipinski definition) is 2. The first-order valence-corrected chi connectivity index (χ1v) is 5.64. The molecule has 8 nitrogen and oxygen atoms in total. The maximum absolute atomic E-state index is 11.9. The number of nitrogens with one attached hydrogen (secondary N) is 1. The van der Waals surface area contributed by atoms with Crippen molar-refractivity contribution in [2.24, 2.45) is 0 Å². The summed E-state index contributed by atoms with van der Waals surface area (Å²) in [5, 5.41) is 15.0. The van der Waals surface area contributed by atoms with Gasteiger partial charge in [-0.05, 0) is 6.07 Å². The molecule has 0 radical (unpaired) electrons. The molecule has 0 aromatic carbocycles. The maximum Gasteiger partial charge on any atom is 0.325 e. The summed E-state index contributed by atoms with van der Waals surface area (Å²) in [6.07, 6.45) is 4.19. The zero-order chi connectivity index (χ0) is 14.5. The fourth-order valence-electron chi connectivity index (χ4n) is 1.49. The van der Waals surface area contributed by atoms with Crippen LogP contribution in [-0.2, 0) is 11.3 Å². The van der Waals surface area contributed by atoms with Crippen LogP contribution in [0.15, 0.2) is 30.7 Å². The fraction of sp³-hybridized carbons (Fsp3) is 0.167. The van der Waals surface area contributed by atoms with Crippen molar-refractivity contribution in [1.82, 2.24) is 14.8 Å². The third kappa shape index (κ3) is 3.31. The Morgan fingerprint density at radius 3 is 2.80 bits per heavy atom. The van der Waals surface area contributed by atoms with E-state index >= 15 is 0 Å². The van der Waals surface area contributed by atoms with Crippen LogP contribution in [0.4, 0.5) is 5.69 Å². The molecule has 20 heavy (non-hydrogen) atoms. The molecular weight excluding hydrogens is 264 g/mol. The first-order chi connectivity index (χ1) is 9.58. The summed E-state index contributed by atoms with van der Waals surface area (Å²) < 4.78 is 6.11. The number of anilines is 1. The Labute approximate surface area is 114 Å². The highest BCUT2D eigenvalue weighted by Crippen LogP contribution is 2.10. The van der Waals surface area contributed by atoms with Crippen LogP contribution >= 0.6 is 0 Å². The molecule has 2 N–H and O–H groups in total. The minimum Gasteiger partial charge on any atom is -0.481 e. The molecule has 0 atom stereocenters. The molecule has 2 aromatic heterocycles. The molecule has 104 valence electrons. The molecule has 2 aromatic rings. The number of ether oxygens (including phenoxy) is 1. The lowest BCUT2D eigenvalue weighted by Crippen LogP contribution is -2.12. The van der Waals surface area contributed by atoms with Crippen molar-refractivity contribution in [2.75, 3.05) is 12.4 Å². The molecular formula is C12H12N4O4. The molecule has 0 aliphatic rings. The second-order valence-corrected chi connectivity index (χ2v) is 3.86. The molecule has 8 heteroatoms. The first kappa shape index (κ1) is 13.5. The monoisotopic (exact) mass is 276 g/mol. The molecule has 0 saturated carbocycles. The number of aliphatic carboxylic acids is 1. The second-order valence-electron chi connectivity index (χ2n) is 3.86. The molecule has 0 aliphatic heterocycles. The smallest absolute Gasteiger partial charge is 0.325 e. The number of hydrogen-bond acceptors (Lipinski definition) is 5. The van der Waals surface area contributed by atoms with Gasteiger partial charge < -0.3 is 15.2 Å². The average molecular weight is 276 g/mol. The van der Waals surface area contributed by atoms with Crippen molar-refractivity contribution in [1.29, 1.82) is 0 Å². The number of pyridine rings is 1. The van der Waals surface area contributed by atoms with Gasteiger partial charge >= 0.3 is 5.97 Å². The van der Waals surface area contributed by atoms with E-state index in [1.165, 1.54) is 30.4 Å². The zero-order valence-electron chi connectivity index (χ0n) is 10.6. The van der Waals surface area contributed by atoms with Crippen LogP contribution in [0.2, 0.25) is 0 Å². The van der Waals surface area contributed by atoms with Crippen molar-refractivity contribution < 1.29 is 19.4 Å². The van der Waals surface area contributed by atoms with Gasteiger partial charge in [-0.3, -0.25) is 14.3 Å². The Hall–Kier alpha value is -2.90. The third-order valence-corrected chi connectivity index (χ3v) is 2.40. The third-order valence-electron chi connectivity index (χ3n) is 2.40. The van der Waals surface area contributed by atoms with Crippen LogP contribution in [-0.4, -0.2) is 38.9 Å². The summed E-state index contributed by atoms with van der Waals surface area (Å²) in [6.45, 7) is -0.264. The number of carboxylic acids is 1. The topological polar surface area (TPSA) is 106 Å². The standard InChI is InChI=1S/C12H12N4O4/c1-20-10-3-2-8(4-13-10)12(19)15-9-5-14-16(6-9)7-11(17)18/h2-6H,7H2,1H3,(H,15,19)(H,17,18). The summed E-state index contributed by atoms with van der Waals surface area (Å²) in [4.78, 5) is 26.3. The Bertz CT molecular complexity index is 621. The van der Waals surface area contributed by atoms with Crippen molar-refractivity contribution in [3.8, 4) is 5.88 Å². The van der Waals surface area contributed by atoms with E-state index in [0.29, 0.717) is 17.1 Å². The van der Waals surface area contributed by atoms with E-state index < -0.39 is 5.97 Å². The second kappa shape index (κ2) is 5.83. The number of amides is 1. The van der Waals surface area contributed by atoms with Gasteiger partial charge in [-0.25, -0.2) is 4.98 Å². The van der Waals surface area contributed by atoms with Crippen LogP contribution in [0.1, 0.15) is 10.4 Å². The largest absolute Gasteiger partial charge is 0.481 e. The van der Waals surface area contributed by atoms with Gasteiger partial charge in [-0.2, -0.15) is 5.10 Å². The Morgan fingerprint density at radius 1 is 1.40 bits per heavy atom. The van der Waals surface area contributed by atoms with E-state index in [1.54, 1.807) is 12.1 Å². The van der Waals surface area contributed by atoms with Crippen molar-refractivity contribution >= 4 is 17.6 Å². The Balaban J connectivity index is 2.03. The molecule has 0 spiro atoms. The van der Waals surface area contributed by atoms with Crippen LogP contribution in [0, 0.1) is 0 Å². The predicted molar refractivity (Wildman–Crippen MR) is 68.6 cm³/mol. The van der Waals surface area contributed by atoms with E-state index in [9.17, 15) is 9.59 Å². The number of methoxy groups -OCH3 is 1. The average Bonchev–Trinajstić information content (AvgIpc) is 2.85. The number of carbonyl (C=O) groups is 2. The molecule has 2 heterocycles. The quantitative estimate of drug-likeness (QED) is 0.829. The molecule has 0 saturated heterocycles. The highest BCUT2D eigenvalue weighted by atomic mass is 16.5. The Morgan fingerprint density at radius 2 is 2.20 bits per heavy atom. The SMILES string of the molecule is COc1ccc(C(=O)Nc2cnn(CC(=O)O)c2)cn1. The van der Waals surface area contributed by atoms with Crippen molar-refractivity contribution in [2.45, 2.75) is 6.54 Å². The van der Waals surface area contributed by atoms with Crippen molar-refractivity contribution in [3.05, 3.63) is 36.3 Å². The number of carboxylic acid groups (broad SMARTS) is 1. The minimum atomic E-state index is -1.01. The number of aromatic nitrogens is 3. The lowest BCUT2D eigenvalue weighted by Gasteiger charge is -2.03. The Kier molecular flexibility index (Phi) is 3.94. The van der Waals surface area contributed by atoms with Gasteiger partial charge in [-0.1, -0.05) is 0 Å². The highest BCUT2D eigenvalue weighted by molar-refractivity contribution is 6.03. The normalized spacial score (nSPS) is 10.1. The van der Waals surface area contributed by atoms with Gasteiger partial charge in [0.05, 0.1) is 24.6 Å². The minimum absolute atomic E-state index is 0.264. The lowest BCUT2D eigenvalue weighted by atomic mass is 10.2. The lowest BCUT2D eigenvalue weighted by molar-refractivity contribution is -0.137. The molecule has 0 aliphatic carbocycles. The van der Waals surface area contributed by atoms with Gasteiger partial charge in [0.15, 0.2) is 0 Å². The van der Waals surface area contributed by atoms with Gasteiger partial charge in [0.25, 0.3) is 5.91 Å². The molecule has 0 fully saturated rings. The number of nitrogens with zero attached hydrogens (tertiary/aromatic N) is 3. The zero-order valence-corrected chi connectivity index (χ0v) is 10.6. The van der Waals surface area contributed by atoms with Crippen molar-refractivity contribution in [3.63, 3.8) is 0 Å². The van der Waals surface area contributed by atoms with Gasteiger partial charge in [0.1, 0.15) is 6.54 Å². The predicted octanol–water partition coefficient (Wildman–Crippen LogP) is 0.624. The number of rotatable bonds is 5. The summed E-state index contributed by atoms with van der Waals surface area (Å²) in [6, 6.07) is 3.14. The van der Waals surface area contributed by atoms with Gasteiger partial charge in [-0.15, -0.1) is 0 Å². The summed E-state index contributed by atoms with van der Waals surface area (Å²) in [7, 11) is 1.49. The van der Waals surface area contributed by atoms with E-state index in [2.05, 4.69) is 15.4 Å². The summed E-state index contributed by atoms with van der Waals surface area (Å²) >= 11 is 0. The van der Waals surface area contributed by atoms with Crippen LogP contribution < -0.4 is 10.1 Å². The molecule has 0 bridgehead atoms. The van der Waals surface area contributed by atoms with E-state index in [4.69, 9.17) is 9.84 Å². The first-order valence-electron chi connectivity index (χ1n) is 5.64.